The molecule has 0 aromatic carbocycles. The summed E-state index contributed by atoms with van der Waals surface area (Å²) in [6.45, 7) is 15.4. The van der Waals surface area contributed by atoms with Gasteiger partial charge in [-0.2, -0.15) is 41.7 Å². The molecule has 33 heteroatoms. The van der Waals surface area contributed by atoms with Crippen LogP contribution < -0.4 is 33.2 Å². The molecular formula is C46H70Cl2N18O12S. The summed E-state index contributed by atoms with van der Waals surface area (Å²) in [7, 11) is 0. The Kier molecular flexibility index (Phi) is 21.9. The molecule has 0 spiro atoms. The third-order valence-electron chi connectivity index (χ3n) is 11.8. The Bertz CT molecular complexity index is 2990. The number of imidazole rings is 3. The summed E-state index contributed by atoms with van der Waals surface area (Å²) >= 11 is 13.1. The number of anilines is 4. The molecule has 3 saturated heterocycles. The minimum absolute atomic E-state index is 0.0241. The maximum Gasteiger partial charge on any atom is 0.306 e. The van der Waals surface area contributed by atoms with E-state index in [9.17, 15) is 40.2 Å². The molecule has 12 atom stereocenters. The number of hydrogen-bond acceptors (Lipinski definition) is 27. The van der Waals surface area contributed by atoms with Crippen molar-refractivity contribution < 1.29 is 59.2 Å². The van der Waals surface area contributed by atoms with Crippen LogP contribution in [0.15, 0.2) is 19.0 Å². The van der Waals surface area contributed by atoms with Gasteiger partial charge < -0.3 is 82.7 Å². The molecule has 9 rings (SSSR count). The summed E-state index contributed by atoms with van der Waals surface area (Å²) in [5.74, 6) is 0.421. The van der Waals surface area contributed by atoms with Gasteiger partial charge in [0, 0.05) is 31.8 Å². The van der Waals surface area contributed by atoms with Crippen LogP contribution in [-0.4, -0.2) is 200 Å². The lowest BCUT2D eigenvalue weighted by molar-refractivity contribution is -0.154. The van der Waals surface area contributed by atoms with Gasteiger partial charge in [0.2, 0.25) is 16.5 Å². The molecule has 0 unspecified atom stereocenters. The molecular weight excluding hydrogens is 1100 g/mol. The van der Waals surface area contributed by atoms with E-state index >= 15 is 0 Å². The summed E-state index contributed by atoms with van der Waals surface area (Å²) in [5, 5.41) is 69.9. The number of halogens is 2. The molecule has 30 nitrogen and oxygen atoms in total. The number of nitrogens with two attached hydrogens (primary N) is 3. The molecule has 436 valence electrons. The SMILES string of the molecule is CCC.CCNC(=O)[C@H]1O[C@@H](n2cnc3c(N)nc(Cl)nc32)[C@H](O)[C@@H]1O.CCNC[C@H]1O[C@@H](n2cnc3c(N)nc(Cl)nc32)[C@H](O)[C@@H]1O.CSC[C@H]1O[C@@H](n2cnc3c(N)nc(NCCCC(=O)OC(C)(C)C)nc32)[C@H](O)[C@@H]1O. The number of carbonyl (C=O) groups excluding carboxylic acids is 2. The first-order valence-corrected chi connectivity index (χ1v) is 27.4. The second-order valence-corrected chi connectivity index (χ2v) is 20.7. The van der Waals surface area contributed by atoms with Gasteiger partial charge in [-0.3, -0.25) is 23.3 Å². The lowest BCUT2D eigenvalue weighted by Crippen LogP contribution is -2.42. The first kappa shape index (κ1) is 62.5. The molecule has 79 heavy (non-hydrogen) atoms. The van der Waals surface area contributed by atoms with E-state index in [1.54, 1.807) is 11.5 Å². The van der Waals surface area contributed by atoms with E-state index in [1.807, 2.05) is 34.0 Å². The van der Waals surface area contributed by atoms with Crippen LogP contribution in [0, 0.1) is 0 Å². The first-order valence-electron chi connectivity index (χ1n) is 25.3. The Morgan fingerprint density at radius 1 is 0.671 bits per heavy atom. The number of rotatable bonds is 15. The highest BCUT2D eigenvalue weighted by Gasteiger charge is 2.48. The van der Waals surface area contributed by atoms with Crippen LogP contribution in [0.2, 0.25) is 10.6 Å². The van der Waals surface area contributed by atoms with Crippen molar-refractivity contribution >= 4 is 104 Å². The molecule has 0 radical (unpaired) electrons. The summed E-state index contributed by atoms with van der Waals surface area (Å²) in [5.41, 5.74) is 19.0. The maximum atomic E-state index is 11.9. The number of amides is 1. The van der Waals surface area contributed by atoms with E-state index in [2.05, 4.69) is 74.7 Å². The van der Waals surface area contributed by atoms with E-state index in [4.69, 9.17) is 59.4 Å². The molecule has 3 fully saturated rings. The molecule has 0 bridgehead atoms. The molecule has 0 saturated carbocycles. The van der Waals surface area contributed by atoms with Gasteiger partial charge in [0.15, 0.2) is 59.2 Å². The van der Waals surface area contributed by atoms with Crippen LogP contribution in [0.25, 0.3) is 33.5 Å². The van der Waals surface area contributed by atoms with E-state index in [-0.39, 0.29) is 57.5 Å². The fourth-order valence-electron chi connectivity index (χ4n) is 8.28. The molecule has 6 aromatic rings. The number of hydrogen-bond donors (Lipinski definition) is 12. The monoisotopic (exact) mass is 1170 g/mol. The van der Waals surface area contributed by atoms with Crippen molar-refractivity contribution in [2.45, 2.75) is 147 Å². The van der Waals surface area contributed by atoms with Crippen molar-refractivity contribution in [2.75, 3.05) is 60.7 Å². The molecule has 3 aliphatic rings. The van der Waals surface area contributed by atoms with E-state index in [1.165, 1.54) is 46.3 Å². The van der Waals surface area contributed by atoms with Crippen LogP contribution in [0.4, 0.5) is 23.4 Å². The van der Waals surface area contributed by atoms with Gasteiger partial charge in [0.25, 0.3) is 5.91 Å². The number of thioether (sulfide) groups is 1. The third-order valence-corrected chi connectivity index (χ3v) is 12.8. The Morgan fingerprint density at radius 2 is 1.13 bits per heavy atom. The largest absolute Gasteiger partial charge is 0.460 e. The van der Waals surface area contributed by atoms with Gasteiger partial charge in [-0.25, -0.2) is 15.0 Å². The number of carbonyl (C=O) groups is 2. The first-order chi connectivity index (χ1) is 37.5. The van der Waals surface area contributed by atoms with Crippen LogP contribution >= 0.6 is 35.0 Å². The topological polar surface area (TPSA) is 437 Å². The number of aromatic nitrogens is 12. The third kappa shape index (κ3) is 14.8. The Labute approximate surface area is 467 Å². The lowest BCUT2D eigenvalue weighted by Gasteiger charge is -2.19. The van der Waals surface area contributed by atoms with Crippen LogP contribution in [-0.2, 0) is 28.5 Å². The highest BCUT2D eigenvalue weighted by atomic mass is 35.5. The second-order valence-electron chi connectivity index (χ2n) is 19.2. The zero-order valence-electron chi connectivity index (χ0n) is 44.7. The average Bonchev–Trinajstić information content (AvgIpc) is 4.34. The van der Waals surface area contributed by atoms with Gasteiger partial charge >= 0.3 is 5.97 Å². The van der Waals surface area contributed by atoms with Crippen molar-refractivity contribution in [3.05, 3.63) is 29.5 Å². The number of nitrogens with one attached hydrogen (secondary N) is 3. The average molecular weight is 1170 g/mol. The summed E-state index contributed by atoms with van der Waals surface area (Å²) in [6, 6.07) is 0. The van der Waals surface area contributed by atoms with Crippen molar-refractivity contribution in [3.63, 3.8) is 0 Å². The standard InChI is InChI=1S/C19H30N6O5S.C12H15ClN6O4.C12H17ClN6O3.C3H8/c1-19(2,3)30-11(26)6-5-7-21-18-23-15(20)12-16(24-18)25(9-22-12)17-14(28)13(27)10(29-17)8-31-4;1-2-15-10(22)7-5(20)6(21)11(23-7)19-3-16-4-8(14)17-12(13)18-9(4)19;1-2-15-3-5-7(20)8(21)11(22-5)19-4-16-6-9(14)17-12(13)18-10(6)19;1-3-2/h9-10,13-14,17,27-28H,5-8H2,1-4H3,(H3,20,21,23,24);3,5-7,11,20-21H,2H2,1H3,(H,15,22)(H2,14,17,18);4-5,7-8,11,15,20-21H,2-3H2,1H3,(H2,14,17,18);3H2,1-2H3/t10-,13-,14-,17-;5-,6+,7-,11+;5-,7-,8-,11-;/m101./s1. The van der Waals surface area contributed by atoms with E-state index in [0.717, 1.165) is 6.54 Å². The normalized spacial score (nSPS) is 25.6. The second kappa shape index (κ2) is 27.7. The summed E-state index contributed by atoms with van der Waals surface area (Å²) in [6.07, 6.45) is -3.83. The number of nitrogens with zero attached hydrogens (tertiary/aromatic N) is 12. The number of ether oxygens (including phenoxy) is 4. The molecule has 9 heterocycles. The Morgan fingerprint density at radius 3 is 1.61 bits per heavy atom. The van der Waals surface area contributed by atoms with Gasteiger partial charge in [0.05, 0.1) is 25.1 Å². The van der Waals surface area contributed by atoms with Crippen molar-refractivity contribution in [1.29, 1.82) is 0 Å². The van der Waals surface area contributed by atoms with Gasteiger partial charge in [-0.1, -0.05) is 27.2 Å². The van der Waals surface area contributed by atoms with Gasteiger partial charge in [0.1, 0.15) is 64.9 Å². The predicted octanol–water partition coefficient (Wildman–Crippen LogP) is 0.449. The number of esters is 1. The van der Waals surface area contributed by atoms with Gasteiger partial charge in [-0.05, 0) is 70.1 Å². The zero-order chi connectivity index (χ0) is 58.0. The van der Waals surface area contributed by atoms with Crippen molar-refractivity contribution in [1.82, 2.24) is 69.2 Å². The number of nitrogen functional groups attached to an aromatic ring is 3. The van der Waals surface area contributed by atoms with Crippen molar-refractivity contribution in [3.8, 4) is 0 Å². The smallest absolute Gasteiger partial charge is 0.306 e. The van der Waals surface area contributed by atoms with E-state index < -0.39 is 85.1 Å². The van der Waals surface area contributed by atoms with Crippen LogP contribution in [0.5, 0.6) is 0 Å². The summed E-state index contributed by atoms with van der Waals surface area (Å²) in [4.78, 5) is 60.4. The fraction of sp³-hybridized carbons (Fsp3) is 0.630. The van der Waals surface area contributed by atoms with Crippen LogP contribution in [0.1, 0.15) is 86.4 Å². The quantitative estimate of drug-likeness (QED) is 0.0377. The minimum Gasteiger partial charge on any atom is -0.460 e. The molecule has 6 aromatic heterocycles. The number of fused-ring (bicyclic) bond motifs is 3. The highest BCUT2D eigenvalue weighted by molar-refractivity contribution is 7.98. The highest BCUT2D eigenvalue weighted by Crippen LogP contribution is 2.36. The minimum atomic E-state index is -1.39. The molecule has 1 amide bonds. The van der Waals surface area contributed by atoms with E-state index in [0.29, 0.717) is 54.1 Å². The Hall–Kier alpha value is -5.68. The maximum absolute atomic E-state index is 11.9. The molecule has 15 N–H and O–H groups in total. The van der Waals surface area contributed by atoms with Gasteiger partial charge in [-0.15, -0.1) is 0 Å². The fourth-order valence-corrected chi connectivity index (χ4v) is 9.23. The molecule has 0 aliphatic carbocycles. The summed E-state index contributed by atoms with van der Waals surface area (Å²) < 4.78 is 26.8. The number of aliphatic hydroxyl groups is 6. The van der Waals surface area contributed by atoms with Crippen LogP contribution in [0.3, 0.4) is 0 Å². The Balaban J connectivity index is 0.000000190. The number of likely N-dealkylation sites (N-methyl/N-ethyl adjacent to an activating group) is 2. The molecule has 3 aliphatic heterocycles. The zero-order valence-corrected chi connectivity index (χ0v) is 47.0. The van der Waals surface area contributed by atoms with Crippen molar-refractivity contribution in [2.24, 2.45) is 0 Å². The number of aliphatic hydroxyl groups excluding tert-OH is 6. The predicted molar refractivity (Wildman–Crippen MR) is 292 cm³/mol. The lowest BCUT2D eigenvalue weighted by atomic mass is 10.1.